The van der Waals surface area contributed by atoms with E-state index in [0.717, 1.165) is 6.42 Å². The Hall–Kier alpha value is -1.26. The lowest BCUT2D eigenvalue weighted by Crippen LogP contribution is -2.28. The molecule has 4 nitrogen and oxygen atoms in total. The predicted molar refractivity (Wildman–Crippen MR) is 73.0 cm³/mol. The maximum absolute atomic E-state index is 11.6. The maximum Gasteiger partial charge on any atom is 0.233 e. The van der Waals surface area contributed by atoms with Crippen LogP contribution in [0, 0.1) is 0 Å². The Bertz CT molecular complexity index is 450. The zero-order chi connectivity index (χ0) is 13.5. The molecular formula is C12H14Cl2N2O2. The fourth-order valence-electron chi connectivity index (χ4n) is 1.26. The highest BCUT2D eigenvalue weighted by atomic mass is 35.5. The van der Waals surface area contributed by atoms with Gasteiger partial charge in [0, 0.05) is 11.6 Å². The van der Waals surface area contributed by atoms with E-state index in [1.807, 2.05) is 6.92 Å². The third kappa shape index (κ3) is 4.94. The summed E-state index contributed by atoms with van der Waals surface area (Å²) in [4.78, 5) is 22.9. The summed E-state index contributed by atoms with van der Waals surface area (Å²) in [5.74, 6) is -0.715. The number of hydrogen-bond acceptors (Lipinski definition) is 2. The molecule has 0 saturated heterocycles. The zero-order valence-corrected chi connectivity index (χ0v) is 11.4. The number of amides is 2. The second-order valence-electron chi connectivity index (χ2n) is 3.70. The highest BCUT2D eigenvalue weighted by Gasteiger charge is 2.10. The lowest BCUT2D eigenvalue weighted by molar-refractivity contribution is -0.126. The summed E-state index contributed by atoms with van der Waals surface area (Å²) in [5.41, 5.74) is 0.439. The van der Waals surface area contributed by atoms with Crippen molar-refractivity contribution in [2.24, 2.45) is 0 Å². The van der Waals surface area contributed by atoms with Gasteiger partial charge >= 0.3 is 0 Å². The molecule has 0 unspecified atom stereocenters. The third-order valence-electron chi connectivity index (χ3n) is 2.10. The molecule has 2 N–H and O–H groups in total. The molecule has 0 fully saturated rings. The molecule has 0 radical (unpaired) electrons. The minimum atomic E-state index is -0.409. The molecule has 6 heteroatoms. The van der Waals surface area contributed by atoms with Crippen molar-refractivity contribution < 1.29 is 9.59 Å². The first kappa shape index (κ1) is 14.8. The van der Waals surface area contributed by atoms with Crippen LogP contribution in [0.15, 0.2) is 18.2 Å². The van der Waals surface area contributed by atoms with Gasteiger partial charge in [0.15, 0.2) is 0 Å². The molecule has 98 valence electrons. The van der Waals surface area contributed by atoms with Crippen molar-refractivity contribution in [2.75, 3.05) is 11.9 Å². The van der Waals surface area contributed by atoms with Gasteiger partial charge in [0.05, 0.1) is 10.7 Å². The van der Waals surface area contributed by atoms with Crippen LogP contribution in [-0.2, 0) is 9.59 Å². The largest absolute Gasteiger partial charge is 0.356 e. The van der Waals surface area contributed by atoms with Gasteiger partial charge in [-0.25, -0.2) is 0 Å². The van der Waals surface area contributed by atoms with E-state index in [0.29, 0.717) is 22.3 Å². The second-order valence-corrected chi connectivity index (χ2v) is 4.54. The molecule has 1 aromatic rings. The minimum Gasteiger partial charge on any atom is -0.356 e. The monoisotopic (exact) mass is 288 g/mol. The van der Waals surface area contributed by atoms with E-state index < -0.39 is 5.91 Å². The average Bonchev–Trinajstić information content (AvgIpc) is 2.30. The molecule has 1 rings (SSSR count). The summed E-state index contributed by atoms with van der Waals surface area (Å²) in [6.45, 7) is 2.50. The Kier molecular flexibility index (Phi) is 5.95. The van der Waals surface area contributed by atoms with Crippen LogP contribution in [0.3, 0.4) is 0 Å². The number of carbonyl (C=O) groups is 2. The summed E-state index contributed by atoms with van der Waals surface area (Å²) >= 11 is 11.6. The zero-order valence-electron chi connectivity index (χ0n) is 9.93. The highest BCUT2D eigenvalue weighted by Crippen LogP contribution is 2.25. The van der Waals surface area contributed by atoms with Crippen LogP contribution in [0.2, 0.25) is 10.0 Å². The Labute approximate surface area is 116 Å². The van der Waals surface area contributed by atoms with Crippen LogP contribution in [0.4, 0.5) is 5.69 Å². The average molecular weight is 289 g/mol. The van der Waals surface area contributed by atoms with E-state index in [4.69, 9.17) is 23.2 Å². The molecule has 0 bridgehead atoms. The van der Waals surface area contributed by atoms with Gasteiger partial charge in [-0.3, -0.25) is 9.59 Å². The lowest BCUT2D eigenvalue weighted by atomic mass is 10.3. The number of hydrogen-bond donors (Lipinski definition) is 2. The number of nitrogens with one attached hydrogen (secondary N) is 2. The van der Waals surface area contributed by atoms with E-state index in [2.05, 4.69) is 10.6 Å². The molecule has 0 aliphatic heterocycles. The van der Waals surface area contributed by atoms with Crippen LogP contribution in [0.25, 0.3) is 0 Å². The molecule has 0 saturated carbocycles. The predicted octanol–water partition coefficient (Wildman–Crippen LogP) is 2.85. The quantitative estimate of drug-likeness (QED) is 0.819. The number of benzene rings is 1. The van der Waals surface area contributed by atoms with Crippen LogP contribution < -0.4 is 10.6 Å². The van der Waals surface area contributed by atoms with Crippen molar-refractivity contribution in [3.63, 3.8) is 0 Å². The van der Waals surface area contributed by atoms with Gasteiger partial charge in [0.1, 0.15) is 6.42 Å². The Morgan fingerprint density at radius 1 is 1.22 bits per heavy atom. The summed E-state index contributed by atoms with van der Waals surface area (Å²) in [6, 6.07) is 4.72. The fraction of sp³-hybridized carbons (Fsp3) is 0.333. The van der Waals surface area contributed by atoms with Crippen LogP contribution >= 0.6 is 23.2 Å². The molecule has 1 aromatic carbocycles. The van der Waals surface area contributed by atoms with Gasteiger partial charge < -0.3 is 10.6 Å². The summed E-state index contributed by atoms with van der Waals surface area (Å²) in [7, 11) is 0. The van der Waals surface area contributed by atoms with Crippen molar-refractivity contribution >= 4 is 40.7 Å². The molecule has 0 atom stereocenters. The van der Waals surface area contributed by atoms with Crippen molar-refractivity contribution in [1.29, 1.82) is 0 Å². The molecule has 0 heterocycles. The highest BCUT2D eigenvalue weighted by molar-refractivity contribution is 6.36. The summed E-state index contributed by atoms with van der Waals surface area (Å²) in [6.07, 6.45) is 0.606. The number of anilines is 1. The van der Waals surface area contributed by atoms with Crippen LogP contribution in [0.5, 0.6) is 0 Å². The number of rotatable bonds is 5. The summed E-state index contributed by atoms with van der Waals surface area (Å²) in [5, 5.41) is 6.00. The van der Waals surface area contributed by atoms with Crippen LogP contribution in [0.1, 0.15) is 19.8 Å². The Morgan fingerprint density at radius 2 is 1.94 bits per heavy atom. The first-order chi connectivity index (χ1) is 8.52. The van der Waals surface area contributed by atoms with Crippen molar-refractivity contribution in [3.05, 3.63) is 28.2 Å². The summed E-state index contributed by atoms with van der Waals surface area (Å²) < 4.78 is 0. The molecule has 18 heavy (non-hydrogen) atoms. The standard InChI is InChI=1S/C12H14Cl2N2O2/c1-2-5-15-11(17)7-12(18)16-10-4-3-8(13)6-9(10)14/h3-4,6H,2,5,7H2,1H3,(H,15,17)(H,16,18). The van der Waals surface area contributed by atoms with Gasteiger partial charge in [0.25, 0.3) is 0 Å². The molecule has 0 aromatic heterocycles. The molecule has 2 amide bonds. The van der Waals surface area contributed by atoms with E-state index >= 15 is 0 Å². The van der Waals surface area contributed by atoms with Crippen molar-refractivity contribution in [3.8, 4) is 0 Å². The lowest BCUT2D eigenvalue weighted by Gasteiger charge is -2.07. The first-order valence-electron chi connectivity index (χ1n) is 5.54. The maximum atomic E-state index is 11.6. The minimum absolute atomic E-state index is 0.223. The SMILES string of the molecule is CCCNC(=O)CC(=O)Nc1ccc(Cl)cc1Cl. The van der Waals surface area contributed by atoms with Gasteiger partial charge in [-0.2, -0.15) is 0 Å². The van der Waals surface area contributed by atoms with Gasteiger partial charge in [0.2, 0.25) is 11.8 Å². The van der Waals surface area contributed by atoms with E-state index in [9.17, 15) is 9.59 Å². The van der Waals surface area contributed by atoms with Crippen molar-refractivity contribution in [2.45, 2.75) is 19.8 Å². The first-order valence-corrected chi connectivity index (χ1v) is 6.30. The molecule has 0 spiro atoms. The van der Waals surface area contributed by atoms with E-state index in [1.54, 1.807) is 12.1 Å². The van der Waals surface area contributed by atoms with E-state index in [1.165, 1.54) is 6.07 Å². The Balaban J connectivity index is 2.51. The normalized spacial score (nSPS) is 9.94. The molecule has 0 aliphatic carbocycles. The molecule has 0 aliphatic rings. The Morgan fingerprint density at radius 3 is 2.56 bits per heavy atom. The number of carbonyl (C=O) groups excluding carboxylic acids is 2. The van der Waals surface area contributed by atoms with Crippen molar-refractivity contribution in [1.82, 2.24) is 5.32 Å². The smallest absolute Gasteiger partial charge is 0.233 e. The van der Waals surface area contributed by atoms with Gasteiger partial charge in [-0.15, -0.1) is 0 Å². The van der Waals surface area contributed by atoms with E-state index in [-0.39, 0.29) is 12.3 Å². The number of halogens is 2. The fourth-order valence-corrected chi connectivity index (χ4v) is 1.71. The molecular weight excluding hydrogens is 275 g/mol. The second kappa shape index (κ2) is 7.24. The van der Waals surface area contributed by atoms with Gasteiger partial charge in [-0.05, 0) is 24.6 Å². The van der Waals surface area contributed by atoms with Crippen LogP contribution in [-0.4, -0.2) is 18.4 Å². The van der Waals surface area contributed by atoms with Gasteiger partial charge in [-0.1, -0.05) is 30.1 Å². The topological polar surface area (TPSA) is 58.2 Å². The third-order valence-corrected chi connectivity index (χ3v) is 2.65.